The van der Waals surface area contributed by atoms with E-state index in [2.05, 4.69) is 5.32 Å². The number of amides is 1. The maximum Gasteiger partial charge on any atom is 0.341 e. The van der Waals surface area contributed by atoms with Crippen molar-refractivity contribution in [1.82, 2.24) is 0 Å². The third kappa shape index (κ3) is 5.18. The maximum atomic E-state index is 13.3. The number of anilines is 1. The summed E-state index contributed by atoms with van der Waals surface area (Å²) in [5.74, 6) is 1.10. The molecule has 3 aromatic rings. The number of rotatable bonds is 10. The van der Waals surface area contributed by atoms with E-state index in [1.807, 2.05) is 13.0 Å². The van der Waals surface area contributed by atoms with Crippen LogP contribution in [0.1, 0.15) is 32.5 Å². The Bertz CT molecular complexity index is 1240. The second kappa shape index (κ2) is 11.7. The molecule has 36 heavy (non-hydrogen) atoms. The summed E-state index contributed by atoms with van der Waals surface area (Å²) in [5, 5.41) is 3.22. The molecule has 0 aliphatic carbocycles. The number of benzene rings is 2. The minimum absolute atomic E-state index is 0.180. The minimum atomic E-state index is -0.549. The lowest BCUT2D eigenvalue weighted by Crippen LogP contribution is -2.15. The number of hydrogen-bond donors (Lipinski definition) is 1. The van der Waals surface area contributed by atoms with Crippen molar-refractivity contribution in [1.29, 1.82) is 0 Å². The van der Waals surface area contributed by atoms with Crippen molar-refractivity contribution in [3.63, 3.8) is 0 Å². The molecule has 192 valence electrons. The van der Waals surface area contributed by atoms with E-state index in [1.54, 1.807) is 26.2 Å². The minimum Gasteiger partial charge on any atom is -0.493 e. The molecule has 0 bridgehead atoms. The number of aryl methyl sites for hydroxylation is 1. The lowest BCUT2D eigenvalue weighted by atomic mass is 10.0. The first-order chi connectivity index (χ1) is 17.3. The van der Waals surface area contributed by atoms with E-state index in [9.17, 15) is 9.59 Å². The molecular weight excluding hydrogens is 486 g/mol. The topological polar surface area (TPSA) is 102 Å². The van der Waals surface area contributed by atoms with Gasteiger partial charge < -0.3 is 33.7 Å². The Morgan fingerprint density at radius 3 is 1.97 bits per heavy atom. The van der Waals surface area contributed by atoms with E-state index in [1.165, 1.54) is 51.9 Å². The zero-order chi connectivity index (χ0) is 26.4. The molecule has 2 aromatic carbocycles. The highest BCUT2D eigenvalue weighted by molar-refractivity contribution is 7.17. The van der Waals surface area contributed by atoms with Gasteiger partial charge in [-0.25, -0.2) is 4.79 Å². The summed E-state index contributed by atoms with van der Waals surface area (Å²) in [6, 6.07) is 8.44. The van der Waals surface area contributed by atoms with Crippen molar-refractivity contribution < 1.29 is 38.0 Å². The van der Waals surface area contributed by atoms with E-state index >= 15 is 0 Å². The summed E-state index contributed by atoms with van der Waals surface area (Å²) in [7, 11) is 7.51. The van der Waals surface area contributed by atoms with E-state index < -0.39 is 11.9 Å². The molecule has 0 atom stereocenters. The number of carbonyl (C=O) groups is 2. The van der Waals surface area contributed by atoms with Gasteiger partial charge in [0.05, 0.1) is 42.2 Å². The van der Waals surface area contributed by atoms with Gasteiger partial charge >= 0.3 is 5.97 Å². The summed E-state index contributed by atoms with van der Waals surface area (Å²) in [4.78, 5) is 27.2. The largest absolute Gasteiger partial charge is 0.493 e. The number of nitrogens with one attached hydrogen (secondary N) is 1. The summed E-state index contributed by atoms with van der Waals surface area (Å²) >= 11 is 1.27. The Morgan fingerprint density at radius 2 is 1.44 bits per heavy atom. The first kappa shape index (κ1) is 26.7. The third-order valence-electron chi connectivity index (χ3n) is 5.39. The molecule has 0 aliphatic heterocycles. The van der Waals surface area contributed by atoms with Crippen LogP contribution in [0.25, 0.3) is 11.1 Å². The van der Waals surface area contributed by atoms with Crippen LogP contribution in [0.3, 0.4) is 0 Å². The van der Waals surface area contributed by atoms with Crippen LogP contribution in [0.2, 0.25) is 0 Å². The standard InChI is InChI=1S/C26H29NO8S/c1-8-35-26(29)22-21(15-9-10-17(30-3)18(11-15)31-4)14(2)36-25(22)27-24(28)16-12-19(32-5)23(34-7)20(13-16)33-6/h9-13H,8H2,1-7H3,(H,27,28). The molecule has 9 nitrogen and oxygen atoms in total. The average Bonchev–Trinajstić information content (AvgIpc) is 3.22. The predicted octanol–water partition coefficient (Wildman–Crippen LogP) is 5.20. The van der Waals surface area contributed by atoms with Gasteiger partial charge in [0, 0.05) is 16.0 Å². The van der Waals surface area contributed by atoms with Crippen molar-refractivity contribution >= 4 is 28.2 Å². The van der Waals surface area contributed by atoms with Crippen molar-refractivity contribution in [2.24, 2.45) is 0 Å². The molecule has 1 aromatic heterocycles. The number of methoxy groups -OCH3 is 5. The number of ether oxygens (including phenoxy) is 6. The Balaban J connectivity index is 2.10. The van der Waals surface area contributed by atoms with Crippen LogP contribution in [0.15, 0.2) is 30.3 Å². The van der Waals surface area contributed by atoms with Gasteiger partial charge in [0.1, 0.15) is 10.6 Å². The maximum absolute atomic E-state index is 13.3. The second-order valence-corrected chi connectivity index (χ2v) is 8.62. The van der Waals surface area contributed by atoms with Gasteiger partial charge in [0.15, 0.2) is 23.0 Å². The second-order valence-electron chi connectivity index (χ2n) is 7.40. The Morgan fingerprint density at radius 1 is 0.833 bits per heavy atom. The molecule has 3 rings (SSSR count). The molecule has 0 radical (unpaired) electrons. The van der Waals surface area contributed by atoms with Gasteiger partial charge in [-0.3, -0.25) is 4.79 Å². The van der Waals surface area contributed by atoms with Crippen molar-refractivity contribution in [2.45, 2.75) is 13.8 Å². The van der Waals surface area contributed by atoms with Gasteiger partial charge in [0.2, 0.25) is 5.75 Å². The summed E-state index contributed by atoms with van der Waals surface area (Å²) in [6.45, 7) is 3.77. The highest BCUT2D eigenvalue weighted by Crippen LogP contribution is 2.43. The van der Waals surface area contributed by atoms with Crippen LogP contribution in [0.4, 0.5) is 5.00 Å². The van der Waals surface area contributed by atoms with Crippen molar-refractivity contribution in [3.8, 4) is 39.9 Å². The highest BCUT2D eigenvalue weighted by Gasteiger charge is 2.27. The van der Waals surface area contributed by atoms with E-state index in [0.29, 0.717) is 39.3 Å². The average molecular weight is 516 g/mol. The molecular formula is C26H29NO8S. The van der Waals surface area contributed by atoms with Gasteiger partial charge in [-0.05, 0) is 43.7 Å². The Hall–Kier alpha value is -3.92. The summed E-state index contributed by atoms with van der Waals surface area (Å²) in [6.07, 6.45) is 0. The molecule has 0 fully saturated rings. The van der Waals surface area contributed by atoms with Gasteiger partial charge in [-0.15, -0.1) is 11.3 Å². The Labute approximate surface area is 213 Å². The van der Waals surface area contributed by atoms with Crippen LogP contribution in [-0.4, -0.2) is 54.0 Å². The molecule has 10 heteroatoms. The molecule has 0 unspecified atom stereocenters. The summed E-state index contributed by atoms with van der Waals surface area (Å²) in [5.41, 5.74) is 1.88. The molecule has 0 saturated heterocycles. The highest BCUT2D eigenvalue weighted by atomic mass is 32.1. The molecule has 0 aliphatic rings. The number of carbonyl (C=O) groups excluding carboxylic acids is 2. The number of thiophene rings is 1. The fraction of sp³-hybridized carbons (Fsp3) is 0.308. The quantitative estimate of drug-likeness (QED) is 0.368. The SMILES string of the molecule is CCOC(=O)c1c(NC(=O)c2cc(OC)c(OC)c(OC)c2)sc(C)c1-c1ccc(OC)c(OC)c1. The third-order valence-corrected chi connectivity index (χ3v) is 6.41. The van der Waals surface area contributed by atoms with E-state index in [4.69, 9.17) is 28.4 Å². The van der Waals surface area contributed by atoms with E-state index in [0.717, 1.165) is 10.4 Å². The predicted molar refractivity (Wildman–Crippen MR) is 138 cm³/mol. The Kier molecular flexibility index (Phi) is 8.65. The normalized spacial score (nSPS) is 10.4. The van der Waals surface area contributed by atoms with Crippen LogP contribution in [0.5, 0.6) is 28.7 Å². The first-order valence-electron chi connectivity index (χ1n) is 11.0. The lowest BCUT2D eigenvalue weighted by Gasteiger charge is -2.14. The van der Waals surface area contributed by atoms with Crippen LogP contribution in [0, 0.1) is 6.92 Å². The lowest BCUT2D eigenvalue weighted by molar-refractivity contribution is 0.0529. The van der Waals surface area contributed by atoms with Gasteiger partial charge in [0.25, 0.3) is 5.91 Å². The first-order valence-corrected chi connectivity index (χ1v) is 11.8. The van der Waals surface area contributed by atoms with Crippen LogP contribution < -0.4 is 29.0 Å². The molecule has 1 heterocycles. The molecule has 0 saturated carbocycles. The van der Waals surface area contributed by atoms with E-state index in [-0.39, 0.29) is 17.7 Å². The molecule has 1 amide bonds. The fourth-order valence-electron chi connectivity index (χ4n) is 3.76. The van der Waals surface area contributed by atoms with Crippen molar-refractivity contribution in [3.05, 3.63) is 46.3 Å². The summed E-state index contributed by atoms with van der Waals surface area (Å²) < 4.78 is 32.2. The van der Waals surface area contributed by atoms with Crippen molar-refractivity contribution in [2.75, 3.05) is 47.5 Å². The zero-order valence-electron chi connectivity index (χ0n) is 21.3. The fourth-order valence-corrected chi connectivity index (χ4v) is 4.82. The van der Waals surface area contributed by atoms with Crippen LogP contribution >= 0.6 is 11.3 Å². The molecule has 0 spiro atoms. The van der Waals surface area contributed by atoms with Gasteiger partial charge in [-0.2, -0.15) is 0 Å². The number of esters is 1. The number of hydrogen-bond acceptors (Lipinski definition) is 9. The molecule has 1 N–H and O–H groups in total. The van der Waals surface area contributed by atoms with Gasteiger partial charge in [-0.1, -0.05) is 6.07 Å². The zero-order valence-corrected chi connectivity index (χ0v) is 22.1. The van der Waals surface area contributed by atoms with Crippen LogP contribution in [-0.2, 0) is 4.74 Å². The smallest absolute Gasteiger partial charge is 0.341 e. The monoisotopic (exact) mass is 515 g/mol.